The summed E-state index contributed by atoms with van der Waals surface area (Å²) in [6.45, 7) is 2.79. The highest BCUT2D eigenvalue weighted by Crippen LogP contribution is 2.16. The van der Waals surface area contributed by atoms with Gasteiger partial charge in [-0.25, -0.2) is 0 Å². The van der Waals surface area contributed by atoms with Crippen molar-refractivity contribution in [2.45, 2.75) is 6.42 Å². The lowest BCUT2D eigenvalue weighted by Crippen LogP contribution is -2.13. The molecule has 1 saturated heterocycles. The van der Waals surface area contributed by atoms with E-state index in [-0.39, 0.29) is 0 Å². The molecule has 0 spiro atoms. The van der Waals surface area contributed by atoms with E-state index >= 15 is 0 Å². The van der Waals surface area contributed by atoms with Crippen molar-refractivity contribution >= 4 is 17.3 Å². The molecule has 0 bridgehead atoms. The van der Waals surface area contributed by atoms with Gasteiger partial charge in [0.25, 0.3) is 0 Å². The summed E-state index contributed by atoms with van der Waals surface area (Å²) in [5.41, 5.74) is 1.13. The zero-order valence-corrected chi connectivity index (χ0v) is 8.76. The maximum absolute atomic E-state index is 5.79. The number of hydrogen-bond donors (Lipinski definition) is 1. The van der Waals surface area contributed by atoms with E-state index < -0.39 is 0 Å². The van der Waals surface area contributed by atoms with Crippen LogP contribution in [0.1, 0.15) is 6.42 Å². The number of hydrogen-bond acceptors (Lipinski definition) is 2. The first kappa shape index (κ1) is 9.81. The fourth-order valence-corrected chi connectivity index (χ4v) is 1.70. The topological polar surface area (TPSA) is 21.3 Å². The summed E-state index contributed by atoms with van der Waals surface area (Å²) in [6.07, 6.45) is 1.17. The molecule has 1 unspecified atom stereocenters. The molecule has 1 aliphatic rings. The molecule has 1 aromatic carbocycles. The van der Waals surface area contributed by atoms with Crippen LogP contribution in [0.3, 0.4) is 0 Å². The smallest absolute Gasteiger partial charge is 0.0511 e. The van der Waals surface area contributed by atoms with Gasteiger partial charge in [-0.3, -0.25) is 0 Å². The van der Waals surface area contributed by atoms with Crippen molar-refractivity contribution in [3.8, 4) is 0 Å². The summed E-state index contributed by atoms with van der Waals surface area (Å²) in [6, 6.07) is 7.79. The van der Waals surface area contributed by atoms with Crippen LogP contribution in [0.4, 0.5) is 5.69 Å². The Morgan fingerprint density at radius 3 is 2.79 bits per heavy atom. The van der Waals surface area contributed by atoms with Crippen LogP contribution in [-0.4, -0.2) is 19.8 Å². The summed E-state index contributed by atoms with van der Waals surface area (Å²) < 4.78 is 5.30. The highest BCUT2D eigenvalue weighted by Gasteiger charge is 2.14. The van der Waals surface area contributed by atoms with Crippen LogP contribution >= 0.6 is 11.6 Å². The van der Waals surface area contributed by atoms with E-state index in [1.165, 1.54) is 6.42 Å². The summed E-state index contributed by atoms with van der Waals surface area (Å²) in [5, 5.41) is 4.15. The molecule has 1 atom stereocenters. The Hall–Kier alpha value is -0.730. The van der Waals surface area contributed by atoms with Crippen molar-refractivity contribution in [3.63, 3.8) is 0 Å². The highest BCUT2D eigenvalue weighted by atomic mass is 35.5. The summed E-state index contributed by atoms with van der Waals surface area (Å²) in [5.74, 6) is 0.658. The number of halogens is 1. The Balaban J connectivity index is 1.82. The van der Waals surface area contributed by atoms with E-state index in [0.717, 1.165) is 30.5 Å². The van der Waals surface area contributed by atoms with Gasteiger partial charge in [0.2, 0.25) is 0 Å². The zero-order valence-electron chi connectivity index (χ0n) is 8.00. The molecule has 76 valence electrons. The van der Waals surface area contributed by atoms with Gasteiger partial charge in [0.1, 0.15) is 0 Å². The van der Waals surface area contributed by atoms with Crippen molar-refractivity contribution < 1.29 is 4.74 Å². The SMILES string of the molecule is Clc1ccc(NCC2CCOC2)cc1. The molecule has 2 rings (SSSR count). The normalized spacial score (nSPS) is 21.1. The van der Waals surface area contributed by atoms with Gasteiger partial charge >= 0.3 is 0 Å². The maximum Gasteiger partial charge on any atom is 0.0511 e. The van der Waals surface area contributed by atoms with Gasteiger partial charge in [-0.2, -0.15) is 0 Å². The van der Waals surface area contributed by atoms with Gasteiger partial charge in [-0.15, -0.1) is 0 Å². The lowest BCUT2D eigenvalue weighted by molar-refractivity contribution is 0.187. The molecule has 1 heterocycles. The average molecular weight is 212 g/mol. The van der Waals surface area contributed by atoms with E-state index in [9.17, 15) is 0 Å². The number of rotatable bonds is 3. The van der Waals surface area contributed by atoms with E-state index in [2.05, 4.69) is 5.32 Å². The number of ether oxygens (including phenoxy) is 1. The molecule has 1 aromatic rings. The molecule has 0 saturated carbocycles. The van der Waals surface area contributed by atoms with Crippen LogP contribution in [0.25, 0.3) is 0 Å². The van der Waals surface area contributed by atoms with Crippen molar-refractivity contribution in [3.05, 3.63) is 29.3 Å². The molecule has 14 heavy (non-hydrogen) atoms. The number of nitrogens with one attached hydrogen (secondary N) is 1. The third-order valence-corrected chi connectivity index (χ3v) is 2.72. The summed E-state index contributed by atoms with van der Waals surface area (Å²) >= 11 is 5.79. The van der Waals surface area contributed by atoms with Crippen LogP contribution in [0.5, 0.6) is 0 Å². The molecule has 0 aliphatic carbocycles. The second-order valence-corrected chi connectivity index (χ2v) is 4.05. The first-order valence-electron chi connectivity index (χ1n) is 4.92. The minimum atomic E-state index is 0.658. The quantitative estimate of drug-likeness (QED) is 0.830. The molecule has 0 amide bonds. The van der Waals surface area contributed by atoms with Gasteiger partial charge in [-0.1, -0.05) is 11.6 Å². The minimum absolute atomic E-state index is 0.658. The number of benzene rings is 1. The predicted octanol–water partition coefficient (Wildman–Crippen LogP) is 2.79. The third kappa shape index (κ3) is 2.63. The maximum atomic E-state index is 5.79. The molecule has 1 N–H and O–H groups in total. The summed E-state index contributed by atoms with van der Waals surface area (Å²) in [4.78, 5) is 0. The highest BCUT2D eigenvalue weighted by molar-refractivity contribution is 6.30. The first-order chi connectivity index (χ1) is 6.84. The fraction of sp³-hybridized carbons (Fsp3) is 0.455. The molecule has 3 heteroatoms. The van der Waals surface area contributed by atoms with Gasteiger partial charge < -0.3 is 10.1 Å². The molecular weight excluding hydrogens is 198 g/mol. The molecule has 1 aliphatic heterocycles. The lowest BCUT2D eigenvalue weighted by Gasteiger charge is -2.10. The Morgan fingerprint density at radius 2 is 2.14 bits per heavy atom. The second kappa shape index (κ2) is 4.67. The Kier molecular flexibility index (Phi) is 3.27. The average Bonchev–Trinajstić information content (AvgIpc) is 2.70. The fourth-order valence-electron chi connectivity index (χ4n) is 1.57. The van der Waals surface area contributed by atoms with E-state index in [1.54, 1.807) is 0 Å². The van der Waals surface area contributed by atoms with E-state index in [0.29, 0.717) is 5.92 Å². The van der Waals surface area contributed by atoms with Crippen molar-refractivity contribution in [1.29, 1.82) is 0 Å². The summed E-state index contributed by atoms with van der Waals surface area (Å²) in [7, 11) is 0. The lowest BCUT2D eigenvalue weighted by atomic mass is 10.1. The molecule has 0 radical (unpaired) electrons. The van der Waals surface area contributed by atoms with Crippen molar-refractivity contribution in [2.24, 2.45) is 5.92 Å². The monoisotopic (exact) mass is 211 g/mol. The van der Waals surface area contributed by atoms with Crippen molar-refractivity contribution in [1.82, 2.24) is 0 Å². The number of anilines is 1. The Morgan fingerprint density at radius 1 is 1.36 bits per heavy atom. The predicted molar refractivity (Wildman–Crippen MR) is 58.9 cm³/mol. The molecule has 0 aromatic heterocycles. The largest absolute Gasteiger partial charge is 0.385 e. The van der Waals surface area contributed by atoms with E-state index in [4.69, 9.17) is 16.3 Å². The van der Waals surface area contributed by atoms with Crippen LogP contribution in [0.2, 0.25) is 5.02 Å². The molecule has 2 nitrogen and oxygen atoms in total. The van der Waals surface area contributed by atoms with Crippen LogP contribution in [0, 0.1) is 5.92 Å². The van der Waals surface area contributed by atoms with Gasteiger partial charge in [0.05, 0.1) is 6.61 Å². The third-order valence-electron chi connectivity index (χ3n) is 2.46. The first-order valence-corrected chi connectivity index (χ1v) is 5.29. The molecular formula is C11H14ClNO. The van der Waals surface area contributed by atoms with Gasteiger partial charge in [0.15, 0.2) is 0 Å². The van der Waals surface area contributed by atoms with Crippen LogP contribution in [-0.2, 0) is 4.74 Å². The van der Waals surface area contributed by atoms with Gasteiger partial charge in [-0.05, 0) is 30.7 Å². The standard InChI is InChI=1S/C11H14ClNO/c12-10-1-3-11(4-2-10)13-7-9-5-6-14-8-9/h1-4,9,13H,5-8H2. The second-order valence-electron chi connectivity index (χ2n) is 3.62. The molecule has 1 fully saturated rings. The Labute approximate surface area is 89.2 Å². The Bertz CT molecular complexity index is 280. The minimum Gasteiger partial charge on any atom is -0.385 e. The zero-order chi connectivity index (χ0) is 9.80. The van der Waals surface area contributed by atoms with Crippen LogP contribution < -0.4 is 5.32 Å². The van der Waals surface area contributed by atoms with E-state index in [1.807, 2.05) is 24.3 Å². The van der Waals surface area contributed by atoms with Crippen molar-refractivity contribution in [2.75, 3.05) is 25.1 Å². The van der Waals surface area contributed by atoms with Crippen LogP contribution in [0.15, 0.2) is 24.3 Å². The van der Waals surface area contributed by atoms with Gasteiger partial charge in [0, 0.05) is 29.8 Å².